The zero-order valence-corrected chi connectivity index (χ0v) is 16.6. The molecule has 0 saturated heterocycles. The molecule has 1 amide bonds. The molecule has 7 nitrogen and oxygen atoms in total. The summed E-state index contributed by atoms with van der Waals surface area (Å²) in [7, 11) is 0. The molecule has 0 bridgehead atoms. The van der Waals surface area contributed by atoms with Crippen LogP contribution in [0.4, 0.5) is 0 Å². The van der Waals surface area contributed by atoms with Gasteiger partial charge in [-0.25, -0.2) is 0 Å². The first kappa shape index (κ1) is 19.8. The van der Waals surface area contributed by atoms with Gasteiger partial charge in [0.1, 0.15) is 28.7 Å². The summed E-state index contributed by atoms with van der Waals surface area (Å²) in [6.07, 6.45) is -0.183. The third-order valence-electron chi connectivity index (χ3n) is 4.47. The van der Waals surface area contributed by atoms with Gasteiger partial charge in [0.15, 0.2) is 0 Å². The number of amides is 1. The second-order valence-electron chi connectivity index (χ2n) is 7.98. The number of aromatic hydroxyl groups is 1. The molecule has 0 fully saturated rings. The predicted molar refractivity (Wildman–Crippen MR) is 107 cm³/mol. The number of phenols is 1. The first-order valence-electron chi connectivity index (χ1n) is 9.31. The fourth-order valence-electron chi connectivity index (χ4n) is 3.08. The average Bonchev–Trinajstić information content (AvgIpc) is 3.03. The highest BCUT2D eigenvalue weighted by Crippen LogP contribution is 2.36. The molecule has 0 aliphatic heterocycles. The predicted octanol–water partition coefficient (Wildman–Crippen LogP) is 2.81. The molecule has 2 aromatic carbocycles. The average molecular weight is 382 g/mol. The number of hydrogen-bond acceptors (Lipinski definition) is 5. The lowest BCUT2D eigenvalue weighted by atomic mass is 9.84. The van der Waals surface area contributed by atoms with Crippen LogP contribution < -0.4 is 5.32 Å². The second kappa shape index (κ2) is 7.59. The highest BCUT2D eigenvalue weighted by molar-refractivity contribution is 5.76. The van der Waals surface area contributed by atoms with E-state index in [0.717, 1.165) is 22.2 Å². The number of aryl methyl sites for hydroxylation is 1. The number of nitrogens with one attached hydrogen (secondary N) is 1. The van der Waals surface area contributed by atoms with Gasteiger partial charge < -0.3 is 15.5 Å². The molecule has 0 spiro atoms. The Hall–Kier alpha value is -2.93. The van der Waals surface area contributed by atoms with E-state index < -0.39 is 6.23 Å². The van der Waals surface area contributed by atoms with Crippen molar-refractivity contribution >= 4 is 16.9 Å². The number of nitrogens with zero attached hydrogens (tertiary/aromatic N) is 3. The monoisotopic (exact) mass is 382 g/mol. The van der Waals surface area contributed by atoms with Gasteiger partial charge in [0.2, 0.25) is 5.91 Å². The number of carbonyl (C=O) groups is 1. The lowest BCUT2D eigenvalue weighted by Crippen LogP contribution is -2.32. The van der Waals surface area contributed by atoms with Gasteiger partial charge >= 0.3 is 0 Å². The van der Waals surface area contributed by atoms with Crippen LogP contribution in [0.15, 0.2) is 36.4 Å². The maximum atomic E-state index is 11.9. The number of aliphatic hydroxyl groups is 1. The Kier molecular flexibility index (Phi) is 5.38. The number of rotatable bonds is 5. The van der Waals surface area contributed by atoms with Crippen LogP contribution in [0.2, 0.25) is 0 Å². The Labute approximate surface area is 164 Å². The van der Waals surface area contributed by atoms with E-state index in [2.05, 4.69) is 15.5 Å². The van der Waals surface area contributed by atoms with Crippen molar-refractivity contribution < 1.29 is 15.0 Å². The summed E-state index contributed by atoms with van der Waals surface area (Å²) < 4.78 is 0. The topological polar surface area (TPSA) is 100 Å². The summed E-state index contributed by atoms with van der Waals surface area (Å²) in [4.78, 5) is 13.3. The number of fused-ring (bicyclic) bond motifs is 1. The summed E-state index contributed by atoms with van der Waals surface area (Å²) >= 11 is 0. The number of aliphatic hydroxyl groups excluding tert-OH is 1. The molecule has 0 aliphatic carbocycles. The van der Waals surface area contributed by atoms with Gasteiger partial charge in [-0.05, 0) is 42.5 Å². The standard InChI is InChI=1S/C21H26N4O3/c1-13(26)22-19(27)10-9-14-11-15(21(2,3)4)20(28)18(12-14)25-23-16-7-5-6-8-17(16)24-25/h5-8,11-13,26,28H,9-10H2,1-4H3,(H,22,27). The quantitative estimate of drug-likeness (QED) is 0.589. The lowest BCUT2D eigenvalue weighted by Gasteiger charge is -2.23. The SMILES string of the molecule is CC(O)NC(=O)CCc1cc(-n2nc3ccccc3n2)c(O)c(C(C)(C)C)c1. The number of aromatic nitrogens is 3. The Bertz CT molecular complexity index is 970. The van der Waals surface area contributed by atoms with Crippen molar-refractivity contribution in [2.75, 3.05) is 0 Å². The largest absolute Gasteiger partial charge is 0.505 e. The van der Waals surface area contributed by atoms with Crippen LogP contribution in [0.25, 0.3) is 16.7 Å². The molecule has 3 aromatic rings. The van der Waals surface area contributed by atoms with Crippen molar-refractivity contribution in [3.8, 4) is 11.4 Å². The van der Waals surface area contributed by atoms with Crippen LogP contribution in [0.1, 0.15) is 45.2 Å². The van der Waals surface area contributed by atoms with Gasteiger partial charge in [-0.2, -0.15) is 0 Å². The molecule has 1 atom stereocenters. The van der Waals surface area contributed by atoms with Gasteiger partial charge in [0, 0.05) is 12.0 Å². The minimum atomic E-state index is -0.881. The van der Waals surface area contributed by atoms with Crippen LogP contribution in [0.3, 0.4) is 0 Å². The molecule has 0 saturated carbocycles. The molecule has 0 aliphatic rings. The van der Waals surface area contributed by atoms with Crippen molar-refractivity contribution in [3.05, 3.63) is 47.5 Å². The molecule has 1 heterocycles. The number of hydrogen-bond donors (Lipinski definition) is 3. The number of phenolic OH excluding ortho intramolecular Hbond substituents is 1. The van der Waals surface area contributed by atoms with E-state index in [1.807, 2.05) is 51.1 Å². The maximum Gasteiger partial charge on any atom is 0.222 e. The molecular weight excluding hydrogens is 356 g/mol. The first-order chi connectivity index (χ1) is 13.1. The second-order valence-corrected chi connectivity index (χ2v) is 7.98. The molecule has 28 heavy (non-hydrogen) atoms. The third kappa shape index (κ3) is 4.31. The Balaban J connectivity index is 2.02. The zero-order chi connectivity index (χ0) is 20.5. The molecule has 7 heteroatoms. The van der Waals surface area contributed by atoms with Crippen molar-refractivity contribution in [2.24, 2.45) is 0 Å². The zero-order valence-electron chi connectivity index (χ0n) is 16.6. The fourth-order valence-corrected chi connectivity index (χ4v) is 3.08. The van der Waals surface area contributed by atoms with E-state index in [0.29, 0.717) is 12.1 Å². The van der Waals surface area contributed by atoms with Crippen LogP contribution >= 0.6 is 0 Å². The van der Waals surface area contributed by atoms with Gasteiger partial charge in [-0.15, -0.1) is 15.0 Å². The number of benzene rings is 2. The summed E-state index contributed by atoms with van der Waals surface area (Å²) in [6, 6.07) is 11.2. The van der Waals surface area contributed by atoms with E-state index >= 15 is 0 Å². The van der Waals surface area contributed by atoms with E-state index in [-0.39, 0.29) is 23.5 Å². The van der Waals surface area contributed by atoms with Gasteiger partial charge in [0.05, 0.1) is 0 Å². The normalized spacial score (nSPS) is 12.9. The fraction of sp³-hybridized carbons (Fsp3) is 0.381. The van der Waals surface area contributed by atoms with Crippen LogP contribution in [0, 0.1) is 0 Å². The minimum Gasteiger partial charge on any atom is -0.505 e. The Morgan fingerprint density at radius 1 is 1.18 bits per heavy atom. The molecule has 3 N–H and O–H groups in total. The minimum absolute atomic E-state index is 0.130. The highest BCUT2D eigenvalue weighted by atomic mass is 16.3. The Morgan fingerprint density at radius 2 is 1.79 bits per heavy atom. The van der Waals surface area contributed by atoms with Crippen molar-refractivity contribution in [3.63, 3.8) is 0 Å². The smallest absolute Gasteiger partial charge is 0.222 e. The van der Waals surface area contributed by atoms with Crippen molar-refractivity contribution in [2.45, 2.75) is 52.2 Å². The van der Waals surface area contributed by atoms with E-state index in [4.69, 9.17) is 0 Å². The molecule has 0 radical (unpaired) electrons. The van der Waals surface area contributed by atoms with Crippen LogP contribution in [0.5, 0.6) is 5.75 Å². The van der Waals surface area contributed by atoms with Gasteiger partial charge in [0.25, 0.3) is 0 Å². The molecule has 3 rings (SSSR count). The summed E-state index contributed by atoms with van der Waals surface area (Å²) in [6.45, 7) is 7.55. The van der Waals surface area contributed by atoms with E-state index in [9.17, 15) is 15.0 Å². The summed E-state index contributed by atoms with van der Waals surface area (Å²) in [5.74, 6) is -0.102. The van der Waals surface area contributed by atoms with Crippen molar-refractivity contribution in [1.82, 2.24) is 20.3 Å². The van der Waals surface area contributed by atoms with Gasteiger partial charge in [-0.1, -0.05) is 39.0 Å². The maximum absolute atomic E-state index is 11.9. The molecule has 148 valence electrons. The molecule has 1 aromatic heterocycles. The highest BCUT2D eigenvalue weighted by Gasteiger charge is 2.23. The lowest BCUT2D eigenvalue weighted by molar-refractivity contribution is -0.123. The first-order valence-corrected chi connectivity index (χ1v) is 9.31. The van der Waals surface area contributed by atoms with E-state index in [1.165, 1.54) is 11.7 Å². The Morgan fingerprint density at radius 3 is 2.32 bits per heavy atom. The molecule has 1 unspecified atom stereocenters. The molecular formula is C21H26N4O3. The van der Waals surface area contributed by atoms with Crippen LogP contribution in [-0.4, -0.2) is 37.3 Å². The summed E-state index contributed by atoms with van der Waals surface area (Å²) in [5.41, 5.74) is 3.30. The van der Waals surface area contributed by atoms with Gasteiger partial charge in [-0.3, -0.25) is 4.79 Å². The third-order valence-corrected chi connectivity index (χ3v) is 4.47. The number of carbonyl (C=O) groups excluding carboxylic acids is 1. The van der Waals surface area contributed by atoms with Crippen molar-refractivity contribution in [1.29, 1.82) is 0 Å². The summed E-state index contributed by atoms with van der Waals surface area (Å²) in [5, 5.41) is 31.6. The van der Waals surface area contributed by atoms with Crippen LogP contribution in [-0.2, 0) is 16.6 Å². The van der Waals surface area contributed by atoms with E-state index in [1.54, 1.807) is 6.07 Å².